The highest BCUT2D eigenvalue weighted by Crippen LogP contribution is 2.29. The number of hydrogen-bond donors (Lipinski definition) is 1. The molecule has 3 nitrogen and oxygen atoms in total. The van der Waals surface area contributed by atoms with Gasteiger partial charge in [0.1, 0.15) is 0 Å². The van der Waals surface area contributed by atoms with Gasteiger partial charge in [-0.15, -0.1) is 0 Å². The first-order chi connectivity index (χ1) is 8.52. The number of rotatable bonds is 2. The van der Waals surface area contributed by atoms with E-state index < -0.39 is 0 Å². The van der Waals surface area contributed by atoms with E-state index in [4.69, 9.17) is 5.73 Å². The molecule has 1 aromatic carbocycles. The van der Waals surface area contributed by atoms with E-state index in [0.29, 0.717) is 18.6 Å². The van der Waals surface area contributed by atoms with Crippen molar-refractivity contribution in [2.24, 2.45) is 5.73 Å². The Morgan fingerprint density at radius 1 is 1.39 bits per heavy atom. The predicted octanol–water partition coefficient (Wildman–Crippen LogP) is 2.23. The molecule has 1 aliphatic heterocycles. The van der Waals surface area contributed by atoms with E-state index in [9.17, 15) is 0 Å². The van der Waals surface area contributed by atoms with Gasteiger partial charge in [-0.3, -0.25) is 4.90 Å². The first-order valence-corrected chi connectivity index (χ1v) is 7.25. The summed E-state index contributed by atoms with van der Waals surface area (Å²) in [5.41, 5.74) is 8.44. The zero-order chi connectivity index (χ0) is 13.3. The van der Waals surface area contributed by atoms with Crippen LogP contribution in [0.15, 0.2) is 22.7 Å². The standard InChI is InChI=1S/C14H22BrN3/c1-10-4-5-14(13(15)6-10)18-8-11(2)17(3)12(7-16)9-18/h4-6,11-12H,7-9,16H2,1-3H3. The van der Waals surface area contributed by atoms with Crippen LogP contribution in [0.25, 0.3) is 0 Å². The van der Waals surface area contributed by atoms with Crippen molar-refractivity contribution in [2.45, 2.75) is 25.9 Å². The summed E-state index contributed by atoms with van der Waals surface area (Å²) in [7, 11) is 2.17. The first-order valence-electron chi connectivity index (χ1n) is 6.46. The van der Waals surface area contributed by atoms with Crippen molar-refractivity contribution in [1.29, 1.82) is 0 Å². The second-order valence-corrected chi connectivity index (χ2v) is 6.12. The van der Waals surface area contributed by atoms with E-state index in [-0.39, 0.29) is 0 Å². The van der Waals surface area contributed by atoms with Gasteiger partial charge in [-0.2, -0.15) is 0 Å². The second-order valence-electron chi connectivity index (χ2n) is 5.26. The number of nitrogens with two attached hydrogens (primary N) is 1. The monoisotopic (exact) mass is 311 g/mol. The Morgan fingerprint density at radius 3 is 2.72 bits per heavy atom. The van der Waals surface area contributed by atoms with Gasteiger partial charge in [-0.1, -0.05) is 6.07 Å². The summed E-state index contributed by atoms with van der Waals surface area (Å²) in [6.45, 7) is 7.13. The molecule has 100 valence electrons. The number of halogens is 1. The Labute approximate surface area is 118 Å². The molecule has 0 aliphatic carbocycles. The molecule has 0 spiro atoms. The predicted molar refractivity (Wildman–Crippen MR) is 81.2 cm³/mol. The molecule has 1 fully saturated rings. The number of anilines is 1. The van der Waals surface area contributed by atoms with E-state index in [0.717, 1.165) is 13.1 Å². The Kier molecular flexibility index (Phi) is 4.30. The Hall–Kier alpha value is -0.580. The lowest BCUT2D eigenvalue weighted by molar-refractivity contribution is 0.162. The second kappa shape index (κ2) is 5.59. The van der Waals surface area contributed by atoms with E-state index in [1.165, 1.54) is 15.7 Å². The van der Waals surface area contributed by atoms with Crippen molar-refractivity contribution in [1.82, 2.24) is 4.90 Å². The average molecular weight is 312 g/mol. The smallest absolute Gasteiger partial charge is 0.0511 e. The average Bonchev–Trinajstić information content (AvgIpc) is 2.32. The number of hydrogen-bond acceptors (Lipinski definition) is 3. The minimum absolute atomic E-state index is 0.432. The van der Waals surface area contributed by atoms with E-state index in [1.807, 2.05) is 0 Å². The third-order valence-corrected chi connectivity index (χ3v) is 4.54. The Bertz CT molecular complexity index is 422. The van der Waals surface area contributed by atoms with Gasteiger partial charge in [0.05, 0.1) is 5.69 Å². The molecule has 1 aliphatic rings. The van der Waals surface area contributed by atoms with Crippen LogP contribution in [0, 0.1) is 6.92 Å². The fraction of sp³-hybridized carbons (Fsp3) is 0.571. The topological polar surface area (TPSA) is 32.5 Å². The van der Waals surface area contributed by atoms with Gasteiger partial charge < -0.3 is 10.6 Å². The maximum Gasteiger partial charge on any atom is 0.0511 e. The van der Waals surface area contributed by atoms with Gasteiger partial charge in [0.2, 0.25) is 0 Å². The van der Waals surface area contributed by atoms with E-state index >= 15 is 0 Å². The maximum atomic E-state index is 5.88. The number of nitrogens with zero attached hydrogens (tertiary/aromatic N) is 2. The minimum Gasteiger partial charge on any atom is -0.367 e. The molecule has 2 rings (SSSR count). The molecule has 0 radical (unpaired) electrons. The number of benzene rings is 1. The molecule has 2 N–H and O–H groups in total. The molecular formula is C14H22BrN3. The molecule has 1 heterocycles. The zero-order valence-corrected chi connectivity index (χ0v) is 12.9. The lowest BCUT2D eigenvalue weighted by atomic mass is 10.1. The Balaban J connectivity index is 2.23. The van der Waals surface area contributed by atoms with E-state index in [1.54, 1.807) is 0 Å². The van der Waals surface area contributed by atoms with Crippen molar-refractivity contribution >= 4 is 21.6 Å². The van der Waals surface area contributed by atoms with Crippen LogP contribution in [-0.2, 0) is 0 Å². The highest BCUT2D eigenvalue weighted by Gasteiger charge is 2.29. The highest BCUT2D eigenvalue weighted by atomic mass is 79.9. The molecule has 18 heavy (non-hydrogen) atoms. The highest BCUT2D eigenvalue weighted by molar-refractivity contribution is 9.10. The molecule has 0 saturated carbocycles. The number of piperazine rings is 1. The molecule has 2 unspecified atom stereocenters. The molecule has 4 heteroatoms. The van der Waals surface area contributed by atoms with Gasteiger partial charge in [0.25, 0.3) is 0 Å². The first kappa shape index (κ1) is 13.8. The fourth-order valence-corrected chi connectivity index (χ4v) is 3.32. The Morgan fingerprint density at radius 2 is 2.11 bits per heavy atom. The molecule has 2 atom stereocenters. The summed E-state index contributed by atoms with van der Waals surface area (Å²) < 4.78 is 1.18. The number of likely N-dealkylation sites (N-methyl/N-ethyl adjacent to an activating group) is 1. The van der Waals surface area contributed by atoms with Crippen LogP contribution in [0.4, 0.5) is 5.69 Å². The third kappa shape index (κ3) is 2.71. The van der Waals surface area contributed by atoms with Crippen LogP contribution in [0.2, 0.25) is 0 Å². The van der Waals surface area contributed by atoms with Gasteiger partial charge in [0, 0.05) is 36.2 Å². The summed E-state index contributed by atoms with van der Waals surface area (Å²) in [4.78, 5) is 4.82. The van der Waals surface area contributed by atoms with Crippen molar-refractivity contribution < 1.29 is 0 Å². The van der Waals surface area contributed by atoms with Crippen LogP contribution in [0.1, 0.15) is 12.5 Å². The van der Waals surface area contributed by atoms with Crippen LogP contribution in [0.3, 0.4) is 0 Å². The summed E-state index contributed by atoms with van der Waals surface area (Å²) in [5.74, 6) is 0. The molecule has 1 saturated heterocycles. The van der Waals surface area contributed by atoms with E-state index in [2.05, 4.69) is 64.8 Å². The maximum absolute atomic E-state index is 5.88. The fourth-order valence-electron chi connectivity index (χ4n) is 2.57. The molecular weight excluding hydrogens is 290 g/mol. The van der Waals surface area contributed by atoms with Crippen LogP contribution in [0.5, 0.6) is 0 Å². The summed E-state index contributed by atoms with van der Waals surface area (Å²) >= 11 is 3.67. The summed E-state index contributed by atoms with van der Waals surface area (Å²) in [6.07, 6.45) is 0. The molecule has 0 amide bonds. The summed E-state index contributed by atoms with van der Waals surface area (Å²) in [5, 5.41) is 0. The lowest BCUT2D eigenvalue weighted by Crippen LogP contribution is -2.58. The van der Waals surface area contributed by atoms with Crippen molar-refractivity contribution in [3.8, 4) is 0 Å². The molecule has 0 aromatic heterocycles. The van der Waals surface area contributed by atoms with Gasteiger partial charge in [-0.25, -0.2) is 0 Å². The van der Waals surface area contributed by atoms with Crippen molar-refractivity contribution in [3.05, 3.63) is 28.2 Å². The van der Waals surface area contributed by atoms with Gasteiger partial charge >= 0.3 is 0 Å². The van der Waals surface area contributed by atoms with Crippen molar-refractivity contribution in [3.63, 3.8) is 0 Å². The zero-order valence-electron chi connectivity index (χ0n) is 11.4. The molecule has 1 aromatic rings. The minimum atomic E-state index is 0.432. The van der Waals surface area contributed by atoms with Crippen LogP contribution < -0.4 is 10.6 Å². The largest absolute Gasteiger partial charge is 0.367 e. The lowest BCUT2D eigenvalue weighted by Gasteiger charge is -2.44. The van der Waals surface area contributed by atoms with Gasteiger partial charge in [-0.05, 0) is 54.5 Å². The third-order valence-electron chi connectivity index (χ3n) is 3.90. The summed E-state index contributed by atoms with van der Waals surface area (Å²) in [6, 6.07) is 7.50. The van der Waals surface area contributed by atoms with Crippen LogP contribution >= 0.6 is 15.9 Å². The quantitative estimate of drug-likeness (QED) is 0.909. The van der Waals surface area contributed by atoms with Crippen molar-refractivity contribution in [2.75, 3.05) is 31.6 Å². The number of aryl methyl sites for hydroxylation is 1. The normalized spacial score (nSPS) is 25.5. The van der Waals surface area contributed by atoms with Gasteiger partial charge in [0.15, 0.2) is 0 Å². The van der Waals surface area contributed by atoms with Crippen LogP contribution in [-0.4, -0.2) is 43.7 Å². The molecule has 0 bridgehead atoms. The SMILES string of the molecule is Cc1ccc(N2CC(C)N(C)C(CN)C2)c(Br)c1.